The van der Waals surface area contributed by atoms with Crippen molar-refractivity contribution in [3.8, 4) is 0 Å². The van der Waals surface area contributed by atoms with Gasteiger partial charge in [-0.1, -0.05) is 39.3 Å². The summed E-state index contributed by atoms with van der Waals surface area (Å²) in [4.78, 5) is 38.1. The summed E-state index contributed by atoms with van der Waals surface area (Å²) in [7, 11) is 0. The Bertz CT molecular complexity index is 1170. The van der Waals surface area contributed by atoms with Crippen LogP contribution in [0.4, 0.5) is 11.4 Å². The van der Waals surface area contributed by atoms with E-state index in [0.717, 1.165) is 19.8 Å². The minimum absolute atomic E-state index is 0.0480. The molecule has 0 bridgehead atoms. The summed E-state index contributed by atoms with van der Waals surface area (Å²) in [5.41, 5.74) is 2.21. The first-order valence-corrected chi connectivity index (χ1v) is 12.3. The van der Waals surface area contributed by atoms with E-state index in [1.54, 1.807) is 36.0 Å². The van der Waals surface area contributed by atoms with Gasteiger partial charge in [-0.05, 0) is 79.2 Å². The van der Waals surface area contributed by atoms with Gasteiger partial charge in [0.25, 0.3) is 5.91 Å². The summed E-state index contributed by atoms with van der Waals surface area (Å²) in [5.74, 6) is -1.38. The fourth-order valence-corrected chi connectivity index (χ4v) is 4.01. The Morgan fingerprint density at radius 2 is 1.44 bits per heavy atom. The molecule has 0 heterocycles. The van der Waals surface area contributed by atoms with Crippen molar-refractivity contribution >= 4 is 68.5 Å². The van der Waals surface area contributed by atoms with Gasteiger partial charge >= 0.3 is 5.97 Å². The summed E-state index contributed by atoms with van der Waals surface area (Å²) >= 11 is 10.9. The van der Waals surface area contributed by atoms with E-state index in [2.05, 4.69) is 26.6 Å². The number of rotatable bonds is 9. The first-order valence-electron chi connectivity index (χ1n) is 10.3. The molecule has 6 nitrogen and oxygen atoms in total. The average molecular weight is 562 g/mol. The molecule has 3 rings (SSSR count). The second-order valence-corrected chi connectivity index (χ2v) is 9.74. The maximum absolute atomic E-state index is 12.1. The van der Waals surface area contributed by atoms with E-state index in [1.807, 2.05) is 49.4 Å². The van der Waals surface area contributed by atoms with Crippen LogP contribution in [0.3, 0.4) is 0 Å². The van der Waals surface area contributed by atoms with E-state index in [1.165, 1.54) is 0 Å². The van der Waals surface area contributed by atoms with Crippen LogP contribution in [0.2, 0.25) is 5.02 Å². The first-order chi connectivity index (χ1) is 16.3. The van der Waals surface area contributed by atoms with Gasteiger partial charge in [0, 0.05) is 37.1 Å². The molecule has 0 aliphatic rings. The number of ether oxygens (including phenoxy) is 1. The van der Waals surface area contributed by atoms with Gasteiger partial charge < -0.3 is 15.4 Å². The normalized spacial score (nSPS) is 10.4. The Hall–Kier alpha value is -2.81. The highest BCUT2D eigenvalue weighted by molar-refractivity contribution is 9.10. The number of carbonyl (C=O) groups excluding carboxylic acids is 3. The molecule has 0 aliphatic heterocycles. The minimum Gasteiger partial charge on any atom is -0.456 e. The number of benzene rings is 3. The van der Waals surface area contributed by atoms with E-state index in [4.69, 9.17) is 16.3 Å². The fourth-order valence-electron chi connectivity index (χ4n) is 2.82. The van der Waals surface area contributed by atoms with Crippen LogP contribution >= 0.6 is 39.3 Å². The molecule has 0 saturated carbocycles. The Balaban J connectivity index is 1.36. The lowest BCUT2D eigenvalue weighted by Gasteiger charge is -2.09. The standard InChI is InChI=1S/C25H22BrClN2O4S/c1-16-14-19(6-11-22(16)26)29-24(31)15-33-25(32)13-12-23(30)28-18-4-9-21(10-5-18)34-20-7-2-17(27)3-8-20/h2-11,14H,12-13,15H2,1H3,(H,28,30)(H,29,31). The molecule has 3 aromatic rings. The van der Waals surface area contributed by atoms with Gasteiger partial charge in [-0.15, -0.1) is 0 Å². The highest BCUT2D eigenvalue weighted by Crippen LogP contribution is 2.29. The maximum atomic E-state index is 12.1. The molecule has 9 heteroatoms. The van der Waals surface area contributed by atoms with Gasteiger partial charge in [0.15, 0.2) is 6.61 Å². The molecule has 176 valence electrons. The summed E-state index contributed by atoms with van der Waals surface area (Å²) < 4.78 is 5.89. The molecular weight excluding hydrogens is 540 g/mol. The van der Waals surface area contributed by atoms with Crippen molar-refractivity contribution in [3.05, 3.63) is 81.8 Å². The smallest absolute Gasteiger partial charge is 0.306 e. The van der Waals surface area contributed by atoms with E-state index in [-0.39, 0.29) is 18.7 Å². The maximum Gasteiger partial charge on any atom is 0.306 e. The first kappa shape index (κ1) is 25.8. The SMILES string of the molecule is Cc1cc(NC(=O)COC(=O)CCC(=O)Nc2ccc(Sc3ccc(Cl)cc3)cc2)ccc1Br. The molecule has 0 unspecified atom stereocenters. The average Bonchev–Trinajstić information content (AvgIpc) is 2.81. The van der Waals surface area contributed by atoms with Crippen LogP contribution in [0.1, 0.15) is 18.4 Å². The fraction of sp³-hybridized carbons (Fsp3) is 0.160. The monoisotopic (exact) mass is 560 g/mol. The molecule has 0 saturated heterocycles. The third kappa shape index (κ3) is 8.52. The zero-order valence-electron chi connectivity index (χ0n) is 18.3. The van der Waals surface area contributed by atoms with Gasteiger partial charge in [0.1, 0.15) is 0 Å². The second-order valence-electron chi connectivity index (χ2n) is 7.30. The van der Waals surface area contributed by atoms with Gasteiger partial charge in [-0.2, -0.15) is 0 Å². The van der Waals surface area contributed by atoms with Crippen LogP contribution in [-0.2, 0) is 19.1 Å². The highest BCUT2D eigenvalue weighted by Gasteiger charge is 2.11. The zero-order valence-corrected chi connectivity index (χ0v) is 21.4. The van der Waals surface area contributed by atoms with Gasteiger partial charge in [0.05, 0.1) is 6.42 Å². The van der Waals surface area contributed by atoms with Gasteiger partial charge in [-0.3, -0.25) is 14.4 Å². The second kappa shape index (κ2) is 12.6. The van der Waals surface area contributed by atoms with Crippen LogP contribution < -0.4 is 10.6 Å². The van der Waals surface area contributed by atoms with Crippen molar-refractivity contribution in [2.24, 2.45) is 0 Å². The molecule has 3 aromatic carbocycles. The lowest BCUT2D eigenvalue weighted by Crippen LogP contribution is -2.21. The molecule has 0 fully saturated rings. The van der Waals surface area contributed by atoms with E-state index < -0.39 is 18.5 Å². The number of hydrogen-bond donors (Lipinski definition) is 2. The van der Waals surface area contributed by atoms with E-state index in [9.17, 15) is 14.4 Å². The number of anilines is 2. The van der Waals surface area contributed by atoms with Gasteiger partial charge in [0.2, 0.25) is 5.91 Å². The van der Waals surface area contributed by atoms with Crippen molar-refractivity contribution < 1.29 is 19.1 Å². The molecule has 0 radical (unpaired) electrons. The predicted octanol–water partition coefficient (Wildman–Crippen LogP) is 6.46. The summed E-state index contributed by atoms with van der Waals surface area (Å²) in [6.07, 6.45) is -0.172. The number of amides is 2. The van der Waals surface area contributed by atoms with Crippen LogP contribution in [0.15, 0.2) is 81.0 Å². The number of carbonyl (C=O) groups is 3. The van der Waals surface area contributed by atoms with Crippen molar-refractivity contribution in [2.45, 2.75) is 29.6 Å². The van der Waals surface area contributed by atoms with E-state index >= 15 is 0 Å². The van der Waals surface area contributed by atoms with Gasteiger partial charge in [-0.25, -0.2) is 0 Å². The summed E-state index contributed by atoms with van der Waals surface area (Å²) in [6.45, 7) is 1.49. The van der Waals surface area contributed by atoms with Crippen LogP contribution in [0, 0.1) is 6.92 Å². The Labute approximate surface area is 215 Å². The number of aryl methyl sites for hydroxylation is 1. The third-order valence-corrected chi connectivity index (χ3v) is 6.71. The van der Waals surface area contributed by atoms with Crippen LogP contribution in [-0.4, -0.2) is 24.4 Å². The summed E-state index contributed by atoms with van der Waals surface area (Å²) in [5, 5.41) is 6.09. The van der Waals surface area contributed by atoms with Crippen molar-refractivity contribution in [3.63, 3.8) is 0 Å². The molecule has 34 heavy (non-hydrogen) atoms. The molecule has 0 atom stereocenters. The topological polar surface area (TPSA) is 84.5 Å². The van der Waals surface area contributed by atoms with Crippen LogP contribution in [0.5, 0.6) is 0 Å². The largest absolute Gasteiger partial charge is 0.456 e. The number of esters is 1. The molecule has 0 spiro atoms. The van der Waals surface area contributed by atoms with Crippen molar-refractivity contribution in [1.29, 1.82) is 0 Å². The third-order valence-electron chi connectivity index (χ3n) is 4.55. The minimum atomic E-state index is -0.619. The molecule has 2 N–H and O–H groups in total. The molecule has 0 aliphatic carbocycles. The predicted molar refractivity (Wildman–Crippen MR) is 138 cm³/mol. The van der Waals surface area contributed by atoms with E-state index in [0.29, 0.717) is 16.4 Å². The molecular formula is C25H22BrClN2O4S. The van der Waals surface area contributed by atoms with Crippen LogP contribution in [0.25, 0.3) is 0 Å². The molecule has 0 aromatic heterocycles. The number of hydrogen-bond acceptors (Lipinski definition) is 5. The summed E-state index contributed by atoms with van der Waals surface area (Å²) in [6, 6.07) is 20.3. The Morgan fingerprint density at radius 3 is 2.09 bits per heavy atom. The highest BCUT2D eigenvalue weighted by atomic mass is 79.9. The Kier molecular flexibility index (Phi) is 9.56. The lowest BCUT2D eigenvalue weighted by molar-refractivity contribution is -0.147. The zero-order chi connectivity index (χ0) is 24.5. The molecule has 2 amide bonds. The van der Waals surface area contributed by atoms with Crippen molar-refractivity contribution in [2.75, 3.05) is 17.2 Å². The Morgan fingerprint density at radius 1 is 0.853 bits per heavy atom. The van der Waals surface area contributed by atoms with Crippen molar-refractivity contribution in [1.82, 2.24) is 0 Å². The lowest BCUT2D eigenvalue weighted by atomic mass is 10.2. The number of nitrogens with one attached hydrogen (secondary N) is 2. The quantitative estimate of drug-likeness (QED) is 0.293. The number of halogens is 2.